The highest BCUT2D eigenvalue weighted by Crippen LogP contribution is 2.47. The van der Waals surface area contributed by atoms with Gasteiger partial charge in [0.05, 0.1) is 36.6 Å². The number of anilines is 1. The molecule has 208 valence electrons. The van der Waals surface area contributed by atoms with E-state index in [9.17, 15) is 19.2 Å². The van der Waals surface area contributed by atoms with E-state index in [1.807, 2.05) is 30.3 Å². The fraction of sp³-hybridized carbons (Fsp3) is 0.188. The normalized spacial score (nSPS) is 15.0. The maximum atomic E-state index is 12.8. The Morgan fingerprint density at radius 2 is 1.49 bits per heavy atom. The van der Waals surface area contributed by atoms with Crippen LogP contribution in [0.15, 0.2) is 85.0 Å². The Labute approximate surface area is 236 Å². The van der Waals surface area contributed by atoms with Crippen LogP contribution in [0.5, 0.6) is 11.5 Å². The summed E-state index contributed by atoms with van der Waals surface area (Å²) in [5.41, 5.74) is 4.90. The van der Waals surface area contributed by atoms with Crippen molar-refractivity contribution in [2.45, 2.75) is 19.3 Å². The molecule has 0 fully saturated rings. The lowest BCUT2D eigenvalue weighted by molar-refractivity contribution is -0.139. The number of nitrogens with zero attached hydrogens (tertiary/aromatic N) is 1. The Bertz CT molecular complexity index is 1570. The van der Waals surface area contributed by atoms with Gasteiger partial charge < -0.3 is 19.3 Å². The number of imide groups is 1. The van der Waals surface area contributed by atoms with Crippen molar-refractivity contribution in [2.24, 2.45) is 0 Å². The molecule has 3 aromatic rings. The Morgan fingerprint density at radius 1 is 0.878 bits per heavy atom. The molecule has 1 aliphatic carbocycles. The predicted octanol–water partition coefficient (Wildman–Crippen LogP) is 4.33. The van der Waals surface area contributed by atoms with Gasteiger partial charge in [-0.3, -0.25) is 9.59 Å². The van der Waals surface area contributed by atoms with Gasteiger partial charge in [0.2, 0.25) is 0 Å². The van der Waals surface area contributed by atoms with Crippen LogP contribution >= 0.6 is 0 Å². The van der Waals surface area contributed by atoms with Gasteiger partial charge in [-0.25, -0.2) is 14.5 Å². The molecule has 41 heavy (non-hydrogen) atoms. The summed E-state index contributed by atoms with van der Waals surface area (Å²) in [7, 11) is 0. The number of aliphatic hydroxyl groups excluding tert-OH is 1. The largest absolute Gasteiger partial charge is 0.493 e. The second-order valence-electron chi connectivity index (χ2n) is 9.60. The maximum Gasteiger partial charge on any atom is 0.343 e. The van der Waals surface area contributed by atoms with Crippen LogP contribution in [0.25, 0.3) is 11.1 Å². The van der Waals surface area contributed by atoms with Crippen LogP contribution in [0, 0.1) is 0 Å². The smallest absolute Gasteiger partial charge is 0.343 e. The van der Waals surface area contributed by atoms with Gasteiger partial charge in [0.25, 0.3) is 11.8 Å². The first-order valence-corrected chi connectivity index (χ1v) is 13.0. The van der Waals surface area contributed by atoms with Gasteiger partial charge >= 0.3 is 11.9 Å². The van der Waals surface area contributed by atoms with Crippen molar-refractivity contribution >= 4 is 29.4 Å². The molecule has 0 saturated heterocycles. The molecule has 0 aromatic heterocycles. The maximum absolute atomic E-state index is 12.8. The number of esters is 2. The molecule has 2 aliphatic rings. The molecule has 0 bridgehead atoms. The van der Waals surface area contributed by atoms with Gasteiger partial charge in [-0.2, -0.15) is 0 Å². The van der Waals surface area contributed by atoms with Crippen molar-refractivity contribution < 1.29 is 38.5 Å². The number of rotatable bonds is 10. The zero-order valence-corrected chi connectivity index (χ0v) is 22.3. The molecule has 1 atom stereocenters. The van der Waals surface area contributed by atoms with E-state index < -0.39 is 30.4 Å². The molecule has 1 aliphatic heterocycles. The van der Waals surface area contributed by atoms with E-state index in [1.165, 1.54) is 36.4 Å². The summed E-state index contributed by atoms with van der Waals surface area (Å²) in [5, 5.41) is 8.91. The average molecular weight is 554 g/mol. The lowest BCUT2D eigenvalue weighted by atomic mass is 9.99. The quantitative estimate of drug-likeness (QED) is 0.130. The Balaban J connectivity index is 1.20. The van der Waals surface area contributed by atoms with Gasteiger partial charge in [0.15, 0.2) is 0 Å². The molecular formula is C32H27NO8. The van der Waals surface area contributed by atoms with Crippen molar-refractivity contribution in [1.82, 2.24) is 0 Å². The summed E-state index contributed by atoms with van der Waals surface area (Å²) >= 11 is 0. The van der Waals surface area contributed by atoms with E-state index in [4.69, 9.17) is 19.3 Å². The van der Waals surface area contributed by atoms with Gasteiger partial charge in [-0.15, -0.1) is 0 Å². The third-order valence-corrected chi connectivity index (χ3v) is 6.92. The molecule has 0 radical (unpaired) electrons. The minimum Gasteiger partial charge on any atom is -0.493 e. The highest BCUT2D eigenvalue weighted by molar-refractivity contribution is 6.28. The third kappa shape index (κ3) is 5.66. The van der Waals surface area contributed by atoms with Crippen LogP contribution in [-0.2, 0) is 19.1 Å². The minimum absolute atomic E-state index is 0.0121. The number of carbonyl (C=O) groups is 4. The molecule has 1 unspecified atom stereocenters. The topological polar surface area (TPSA) is 119 Å². The van der Waals surface area contributed by atoms with E-state index in [2.05, 4.69) is 13.5 Å². The molecule has 5 rings (SSSR count). The van der Waals surface area contributed by atoms with E-state index in [0.29, 0.717) is 30.2 Å². The number of benzene rings is 3. The van der Waals surface area contributed by atoms with Crippen molar-refractivity contribution in [3.8, 4) is 22.6 Å². The fourth-order valence-electron chi connectivity index (χ4n) is 4.76. The molecule has 3 aromatic carbocycles. The highest BCUT2D eigenvalue weighted by atomic mass is 16.5. The lowest BCUT2D eigenvalue weighted by Crippen LogP contribution is -2.29. The van der Waals surface area contributed by atoms with E-state index in [1.54, 1.807) is 6.07 Å². The number of ether oxygens (including phenoxy) is 3. The monoisotopic (exact) mass is 553 g/mol. The number of aliphatic hydroxyl groups is 1. The molecule has 0 saturated carbocycles. The standard InChI is InChI=1S/C32H27NO8/c1-19(18-34)31(37)40-15-3-14-39-23-8-10-25-26-11-9-24(17-28(26)20(2)27(25)16-23)41-32(38)21-4-6-22(7-5-21)33-29(35)12-13-30(33)36/h4-13,16-17,20,34H,1,3,14-15,18H2,2H3. The highest BCUT2D eigenvalue weighted by Gasteiger charge is 2.27. The molecule has 1 heterocycles. The van der Waals surface area contributed by atoms with Crippen LogP contribution in [0.2, 0.25) is 0 Å². The number of hydrogen-bond acceptors (Lipinski definition) is 8. The Morgan fingerprint density at radius 3 is 2.12 bits per heavy atom. The van der Waals surface area contributed by atoms with Crippen molar-refractivity contribution in [1.29, 1.82) is 0 Å². The zero-order valence-electron chi connectivity index (χ0n) is 22.3. The summed E-state index contributed by atoms with van der Waals surface area (Å²) in [6.45, 7) is 5.57. The van der Waals surface area contributed by atoms with E-state index in [0.717, 1.165) is 27.2 Å². The summed E-state index contributed by atoms with van der Waals surface area (Å²) < 4.78 is 16.5. The van der Waals surface area contributed by atoms with Gasteiger partial charge in [-0.1, -0.05) is 25.6 Å². The SMILES string of the molecule is C=C(CO)C(=O)OCCCOc1ccc2c(c1)C(C)c1cc(OC(=O)c3ccc(N4C(=O)C=CC4=O)cc3)ccc1-2. The molecule has 9 nitrogen and oxygen atoms in total. The number of carbonyl (C=O) groups excluding carboxylic acids is 4. The molecule has 9 heteroatoms. The average Bonchev–Trinajstić information content (AvgIpc) is 3.46. The number of hydrogen-bond donors (Lipinski definition) is 1. The first kappa shape index (κ1) is 27.5. The van der Waals surface area contributed by atoms with Gasteiger partial charge in [0.1, 0.15) is 11.5 Å². The molecule has 0 spiro atoms. The Hall–Kier alpha value is -5.02. The number of amides is 2. The van der Waals surface area contributed by atoms with Gasteiger partial charge in [-0.05, 0) is 70.8 Å². The van der Waals surface area contributed by atoms with Crippen molar-refractivity contribution in [3.63, 3.8) is 0 Å². The second kappa shape index (κ2) is 11.6. The first-order valence-electron chi connectivity index (χ1n) is 13.0. The lowest BCUT2D eigenvalue weighted by Gasteiger charge is -2.14. The van der Waals surface area contributed by atoms with Crippen LogP contribution in [0.4, 0.5) is 5.69 Å². The fourth-order valence-corrected chi connectivity index (χ4v) is 4.76. The van der Waals surface area contributed by atoms with E-state index >= 15 is 0 Å². The predicted molar refractivity (Wildman–Crippen MR) is 150 cm³/mol. The number of fused-ring (bicyclic) bond motifs is 3. The first-order chi connectivity index (χ1) is 19.8. The zero-order chi connectivity index (χ0) is 29.1. The van der Waals surface area contributed by atoms with Crippen molar-refractivity contribution in [3.05, 3.63) is 102 Å². The van der Waals surface area contributed by atoms with Crippen LogP contribution in [0.3, 0.4) is 0 Å². The third-order valence-electron chi connectivity index (χ3n) is 6.92. The van der Waals surface area contributed by atoms with E-state index in [-0.39, 0.29) is 23.7 Å². The van der Waals surface area contributed by atoms with Crippen molar-refractivity contribution in [2.75, 3.05) is 24.7 Å². The van der Waals surface area contributed by atoms with Crippen LogP contribution < -0.4 is 14.4 Å². The van der Waals surface area contributed by atoms with Gasteiger partial charge in [0, 0.05) is 24.5 Å². The minimum atomic E-state index is -0.620. The Kier molecular flexibility index (Phi) is 7.80. The molecule has 1 N–H and O–H groups in total. The molecule has 2 amide bonds. The summed E-state index contributed by atoms with van der Waals surface area (Å²) in [5.74, 6) is -0.900. The summed E-state index contributed by atoms with van der Waals surface area (Å²) in [6, 6.07) is 17.5. The molecular weight excluding hydrogens is 526 g/mol. The summed E-state index contributed by atoms with van der Waals surface area (Å²) in [6.07, 6.45) is 2.89. The van der Waals surface area contributed by atoms with Crippen LogP contribution in [0.1, 0.15) is 40.7 Å². The summed E-state index contributed by atoms with van der Waals surface area (Å²) in [4.78, 5) is 49.1. The van der Waals surface area contributed by atoms with Crippen LogP contribution in [-0.4, -0.2) is 48.7 Å². The second-order valence-corrected chi connectivity index (χ2v) is 9.60.